The summed E-state index contributed by atoms with van der Waals surface area (Å²) in [5.74, 6) is 0. The van der Waals surface area contributed by atoms with Gasteiger partial charge in [-0.3, -0.25) is 0 Å². The smallest absolute Gasteiger partial charge is 0.00578 e. The van der Waals surface area contributed by atoms with Crippen molar-refractivity contribution in [2.24, 2.45) is 0 Å². The van der Waals surface area contributed by atoms with Crippen molar-refractivity contribution in [1.29, 1.82) is 0 Å². The molecule has 0 bridgehead atoms. The van der Waals surface area contributed by atoms with Crippen LogP contribution in [0, 0.1) is 0 Å². The van der Waals surface area contributed by atoms with Gasteiger partial charge in [0.05, 0.1) is 0 Å². The number of benzene rings is 2. The molecule has 2 aliphatic carbocycles. The van der Waals surface area contributed by atoms with E-state index in [1.54, 1.807) is 11.1 Å². The molecule has 0 nitrogen and oxygen atoms in total. The third kappa shape index (κ3) is 2.58. The Morgan fingerprint density at radius 2 is 1.10 bits per heavy atom. The fourth-order valence-electron chi connectivity index (χ4n) is 3.57. The van der Waals surface area contributed by atoms with Crippen molar-refractivity contribution in [2.45, 2.75) is 32.1 Å². The fourth-order valence-corrected chi connectivity index (χ4v) is 3.57. The van der Waals surface area contributed by atoms with Crippen LogP contribution in [0.2, 0.25) is 0 Å². The zero-order valence-corrected chi connectivity index (χ0v) is 12.3. The second-order valence-corrected chi connectivity index (χ2v) is 6.21. The first-order valence-corrected chi connectivity index (χ1v) is 7.93. The van der Waals surface area contributed by atoms with Crippen LogP contribution < -0.4 is 0 Å². The maximum Gasteiger partial charge on any atom is -0.00578 e. The molecular weight excluding hydrogens is 252 g/mol. The summed E-state index contributed by atoms with van der Waals surface area (Å²) < 4.78 is 0. The molecule has 2 aliphatic rings. The minimum atomic E-state index is 1.16. The highest BCUT2D eigenvalue weighted by atomic mass is 14.2. The lowest BCUT2D eigenvalue weighted by Crippen LogP contribution is -1.88. The Morgan fingerprint density at radius 1 is 0.619 bits per heavy atom. The van der Waals surface area contributed by atoms with Gasteiger partial charge in [0, 0.05) is 0 Å². The minimum absolute atomic E-state index is 1.16. The van der Waals surface area contributed by atoms with Crippen molar-refractivity contribution < 1.29 is 0 Å². The minimum Gasteiger partial charge on any atom is -0.0652 e. The Bertz CT molecular complexity index is 668. The van der Waals surface area contributed by atoms with E-state index in [2.05, 4.69) is 60.7 Å². The molecule has 0 heterocycles. The van der Waals surface area contributed by atoms with Gasteiger partial charge in [0.2, 0.25) is 0 Å². The summed E-state index contributed by atoms with van der Waals surface area (Å²) in [6, 6.07) is 17.6. The van der Waals surface area contributed by atoms with Gasteiger partial charge in [-0.05, 0) is 54.4 Å². The van der Waals surface area contributed by atoms with Crippen LogP contribution in [0.4, 0.5) is 0 Å². The zero-order chi connectivity index (χ0) is 14.1. The van der Waals surface area contributed by atoms with Gasteiger partial charge in [-0.2, -0.15) is 0 Å². The first-order chi connectivity index (χ1) is 10.4. The van der Waals surface area contributed by atoms with Crippen molar-refractivity contribution >= 4 is 12.2 Å². The molecule has 0 aliphatic heterocycles. The number of hydrogen-bond acceptors (Lipinski definition) is 0. The Labute approximate surface area is 126 Å². The van der Waals surface area contributed by atoms with Gasteiger partial charge in [0.25, 0.3) is 0 Å². The molecular formula is C21H20. The van der Waals surface area contributed by atoms with Gasteiger partial charge in [-0.25, -0.2) is 0 Å². The molecule has 0 saturated heterocycles. The van der Waals surface area contributed by atoms with E-state index >= 15 is 0 Å². The highest BCUT2D eigenvalue weighted by Crippen LogP contribution is 2.31. The monoisotopic (exact) mass is 272 g/mol. The molecule has 0 unspecified atom stereocenters. The Morgan fingerprint density at radius 3 is 1.57 bits per heavy atom. The standard InChI is InChI=1S/C21H20/c1-2-9-19-13-16(12-18(19)8-1)6-5-7-17-14-20-10-3-4-11-21(20)15-17/h1-4,8-12,14H,5-7,13,15H2. The molecule has 0 saturated carbocycles. The summed E-state index contributed by atoms with van der Waals surface area (Å²) in [7, 11) is 0. The summed E-state index contributed by atoms with van der Waals surface area (Å²) in [5.41, 5.74) is 9.07. The molecule has 4 rings (SSSR count). The SMILES string of the molecule is C1=C(CCCC2=Cc3ccccc3C2)Cc2ccccc21. The number of hydrogen-bond donors (Lipinski definition) is 0. The molecule has 0 fully saturated rings. The molecule has 0 amide bonds. The van der Waals surface area contributed by atoms with E-state index in [9.17, 15) is 0 Å². The van der Waals surface area contributed by atoms with E-state index < -0.39 is 0 Å². The highest BCUT2D eigenvalue weighted by molar-refractivity contribution is 5.64. The van der Waals surface area contributed by atoms with Crippen molar-refractivity contribution in [3.63, 3.8) is 0 Å². The van der Waals surface area contributed by atoms with Crippen LogP contribution in [-0.4, -0.2) is 0 Å². The molecule has 104 valence electrons. The van der Waals surface area contributed by atoms with Crippen LogP contribution in [0.1, 0.15) is 41.5 Å². The van der Waals surface area contributed by atoms with E-state index in [-0.39, 0.29) is 0 Å². The molecule has 2 aromatic rings. The first kappa shape index (κ1) is 12.6. The number of allylic oxidation sites excluding steroid dienone is 2. The van der Waals surface area contributed by atoms with Crippen LogP contribution in [0.5, 0.6) is 0 Å². The second-order valence-electron chi connectivity index (χ2n) is 6.21. The van der Waals surface area contributed by atoms with E-state index in [0.717, 1.165) is 12.8 Å². The number of rotatable bonds is 4. The molecule has 2 aromatic carbocycles. The highest BCUT2D eigenvalue weighted by Gasteiger charge is 2.14. The Hall–Kier alpha value is -2.08. The lowest BCUT2D eigenvalue weighted by molar-refractivity contribution is 0.787. The first-order valence-electron chi connectivity index (χ1n) is 7.93. The van der Waals surface area contributed by atoms with E-state index in [4.69, 9.17) is 0 Å². The maximum atomic E-state index is 2.40. The summed E-state index contributed by atoms with van der Waals surface area (Å²) in [5, 5.41) is 0. The fraction of sp³-hybridized carbons (Fsp3) is 0.238. The second kappa shape index (κ2) is 5.37. The average Bonchev–Trinajstić information content (AvgIpc) is 3.09. The van der Waals surface area contributed by atoms with Crippen LogP contribution in [0.3, 0.4) is 0 Å². The topological polar surface area (TPSA) is 0 Å². The lowest BCUT2D eigenvalue weighted by atomic mass is 10.0. The predicted molar refractivity (Wildman–Crippen MR) is 90.1 cm³/mol. The van der Waals surface area contributed by atoms with Crippen LogP contribution in [-0.2, 0) is 12.8 Å². The van der Waals surface area contributed by atoms with Crippen molar-refractivity contribution in [2.75, 3.05) is 0 Å². The Kier molecular flexibility index (Phi) is 3.23. The summed E-state index contributed by atoms with van der Waals surface area (Å²) in [4.78, 5) is 0. The predicted octanol–water partition coefficient (Wildman–Crippen LogP) is 5.44. The Balaban J connectivity index is 1.33. The largest absolute Gasteiger partial charge is 0.0652 e. The van der Waals surface area contributed by atoms with Gasteiger partial charge >= 0.3 is 0 Å². The van der Waals surface area contributed by atoms with Gasteiger partial charge in [0.1, 0.15) is 0 Å². The molecule has 21 heavy (non-hydrogen) atoms. The van der Waals surface area contributed by atoms with Crippen LogP contribution >= 0.6 is 0 Å². The lowest BCUT2D eigenvalue weighted by Gasteiger charge is -2.04. The third-order valence-electron chi connectivity index (χ3n) is 4.66. The van der Waals surface area contributed by atoms with Gasteiger partial charge in [-0.15, -0.1) is 0 Å². The van der Waals surface area contributed by atoms with E-state index in [1.807, 2.05) is 0 Å². The van der Waals surface area contributed by atoms with E-state index in [0.29, 0.717) is 0 Å². The molecule has 0 N–H and O–H groups in total. The van der Waals surface area contributed by atoms with Crippen molar-refractivity contribution in [1.82, 2.24) is 0 Å². The molecule has 0 radical (unpaired) electrons. The maximum absolute atomic E-state index is 2.40. The summed E-state index contributed by atoms with van der Waals surface area (Å²) in [6.07, 6.45) is 10.9. The normalized spacial score (nSPS) is 15.4. The molecule has 0 atom stereocenters. The molecule has 0 spiro atoms. The number of fused-ring (bicyclic) bond motifs is 2. The van der Waals surface area contributed by atoms with Gasteiger partial charge in [-0.1, -0.05) is 71.8 Å². The van der Waals surface area contributed by atoms with Crippen LogP contribution in [0.15, 0.2) is 59.7 Å². The summed E-state index contributed by atoms with van der Waals surface area (Å²) in [6.45, 7) is 0. The van der Waals surface area contributed by atoms with Crippen LogP contribution in [0.25, 0.3) is 12.2 Å². The molecule has 0 aromatic heterocycles. The third-order valence-corrected chi connectivity index (χ3v) is 4.66. The van der Waals surface area contributed by atoms with E-state index in [1.165, 1.54) is 41.5 Å². The zero-order valence-electron chi connectivity index (χ0n) is 12.3. The van der Waals surface area contributed by atoms with Gasteiger partial charge in [0.15, 0.2) is 0 Å². The van der Waals surface area contributed by atoms with Crippen molar-refractivity contribution in [3.05, 3.63) is 81.9 Å². The summed E-state index contributed by atoms with van der Waals surface area (Å²) >= 11 is 0. The quantitative estimate of drug-likeness (QED) is 0.695. The van der Waals surface area contributed by atoms with Gasteiger partial charge < -0.3 is 0 Å². The molecule has 0 heteroatoms. The average molecular weight is 272 g/mol. The van der Waals surface area contributed by atoms with Crippen molar-refractivity contribution in [3.8, 4) is 0 Å².